The molecule has 0 N–H and O–H groups in total. The van der Waals surface area contributed by atoms with Crippen LogP contribution in [0.15, 0.2) is 6.20 Å². The van der Waals surface area contributed by atoms with E-state index in [1.54, 1.807) is 0 Å². The van der Waals surface area contributed by atoms with Gasteiger partial charge in [-0.15, -0.1) is 0 Å². The number of nitriles is 1. The first-order chi connectivity index (χ1) is 5.81. The van der Waals surface area contributed by atoms with E-state index in [4.69, 9.17) is 14.7 Å². The molecule has 0 unspecified atom stereocenters. The molecule has 0 spiro atoms. The molecule has 0 radical (unpaired) electrons. The van der Waals surface area contributed by atoms with Crippen LogP contribution in [0.2, 0.25) is 0 Å². The van der Waals surface area contributed by atoms with Gasteiger partial charge in [0.2, 0.25) is 0 Å². The molecule has 0 aliphatic carbocycles. The number of hydrogen-bond acceptors (Lipinski definition) is 5. The highest BCUT2D eigenvalue weighted by Crippen LogP contribution is 2.19. The van der Waals surface area contributed by atoms with Crippen molar-refractivity contribution in [2.45, 2.75) is 0 Å². The van der Waals surface area contributed by atoms with Crippen molar-refractivity contribution >= 4 is 0 Å². The highest BCUT2D eigenvalue weighted by Gasteiger charge is 2.06. The fourth-order valence-electron chi connectivity index (χ4n) is 0.688. The first kappa shape index (κ1) is 8.27. The van der Waals surface area contributed by atoms with E-state index in [0.29, 0.717) is 0 Å². The third kappa shape index (κ3) is 1.42. The minimum atomic E-state index is 0.202. The molecule has 0 aromatic carbocycles. The maximum atomic E-state index is 8.47. The second-order valence-corrected chi connectivity index (χ2v) is 1.89. The molecule has 0 fully saturated rings. The van der Waals surface area contributed by atoms with E-state index >= 15 is 0 Å². The normalized spacial score (nSPS) is 8.75. The highest BCUT2D eigenvalue weighted by molar-refractivity contribution is 5.30. The predicted octanol–water partition coefficient (Wildman–Crippen LogP) is 0.365. The Morgan fingerprint density at radius 1 is 1.33 bits per heavy atom. The average Bonchev–Trinajstić information content (AvgIpc) is 2.16. The summed E-state index contributed by atoms with van der Waals surface area (Å²) in [6, 6.07) is 1.84. The number of rotatable bonds is 2. The summed E-state index contributed by atoms with van der Waals surface area (Å²) in [5, 5.41) is 8.47. The number of nitrogens with zero attached hydrogens (tertiary/aromatic N) is 3. The third-order valence-electron chi connectivity index (χ3n) is 1.21. The SMILES string of the molecule is COc1ncc(C#N)nc1OC. The van der Waals surface area contributed by atoms with Crippen LogP contribution in [-0.2, 0) is 0 Å². The molecule has 1 aromatic heterocycles. The van der Waals surface area contributed by atoms with Crippen LogP contribution in [0.1, 0.15) is 5.69 Å². The summed E-state index contributed by atoms with van der Waals surface area (Å²) in [6.45, 7) is 0. The lowest BCUT2D eigenvalue weighted by molar-refractivity contribution is 0.331. The summed E-state index contributed by atoms with van der Waals surface area (Å²) >= 11 is 0. The summed E-state index contributed by atoms with van der Waals surface area (Å²) < 4.78 is 9.66. The van der Waals surface area contributed by atoms with Gasteiger partial charge in [-0.25, -0.2) is 4.98 Å². The maximum absolute atomic E-state index is 8.47. The van der Waals surface area contributed by atoms with Gasteiger partial charge < -0.3 is 9.47 Å². The number of methoxy groups -OCH3 is 2. The fourth-order valence-corrected chi connectivity index (χ4v) is 0.688. The smallest absolute Gasteiger partial charge is 0.279 e. The number of hydrogen-bond donors (Lipinski definition) is 0. The quantitative estimate of drug-likeness (QED) is 0.633. The first-order valence-corrected chi connectivity index (χ1v) is 3.17. The Kier molecular flexibility index (Phi) is 2.43. The molecule has 0 bridgehead atoms. The lowest BCUT2D eigenvalue weighted by atomic mass is 10.5. The van der Waals surface area contributed by atoms with Gasteiger partial charge in [0.25, 0.3) is 11.8 Å². The van der Waals surface area contributed by atoms with Gasteiger partial charge in [0, 0.05) is 0 Å². The maximum Gasteiger partial charge on any atom is 0.279 e. The number of aromatic nitrogens is 2. The molecule has 62 valence electrons. The summed E-state index contributed by atoms with van der Waals surface area (Å²) in [6.07, 6.45) is 1.32. The second-order valence-electron chi connectivity index (χ2n) is 1.89. The van der Waals surface area contributed by atoms with Crippen molar-refractivity contribution in [1.82, 2.24) is 9.97 Å². The van der Waals surface area contributed by atoms with Crippen LogP contribution in [0.5, 0.6) is 11.8 Å². The van der Waals surface area contributed by atoms with E-state index in [1.807, 2.05) is 6.07 Å². The minimum Gasteiger partial charge on any atom is -0.477 e. The monoisotopic (exact) mass is 165 g/mol. The Hall–Kier alpha value is -1.83. The van der Waals surface area contributed by atoms with Crippen LogP contribution in [0, 0.1) is 11.3 Å². The molecular formula is C7H7N3O2. The molecule has 0 aliphatic rings. The average molecular weight is 165 g/mol. The molecule has 0 aliphatic heterocycles. The van der Waals surface area contributed by atoms with Crippen LogP contribution in [-0.4, -0.2) is 24.2 Å². The first-order valence-electron chi connectivity index (χ1n) is 3.17. The van der Waals surface area contributed by atoms with E-state index in [-0.39, 0.29) is 17.5 Å². The van der Waals surface area contributed by atoms with Crippen molar-refractivity contribution in [2.75, 3.05) is 14.2 Å². The third-order valence-corrected chi connectivity index (χ3v) is 1.21. The van der Waals surface area contributed by atoms with Crippen molar-refractivity contribution in [2.24, 2.45) is 0 Å². The van der Waals surface area contributed by atoms with Crippen LogP contribution >= 0.6 is 0 Å². The Morgan fingerprint density at radius 3 is 2.50 bits per heavy atom. The van der Waals surface area contributed by atoms with E-state index in [2.05, 4.69) is 9.97 Å². The van der Waals surface area contributed by atoms with E-state index in [1.165, 1.54) is 20.4 Å². The standard InChI is InChI=1S/C7H7N3O2/c1-11-6-7(12-2)10-5(3-8)4-9-6/h4H,1-2H3. The zero-order valence-electron chi connectivity index (χ0n) is 6.74. The lowest BCUT2D eigenvalue weighted by Gasteiger charge is -2.03. The van der Waals surface area contributed by atoms with Crippen LogP contribution in [0.25, 0.3) is 0 Å². The van der Waals surface area contributed by atoms with Gasteiger partial charge in [0.05, 0.1) is 20.4 Å². The Balaban J connectivity index is 3.13. The summed E-state index contributed by atoms with van der Waals surface area (Å²) in [5.74, 6) is 0.494. The van der Waals surface area contributed by atoms with Crippen molar-refractivity contribution in [1.29, 1.82) is 5.26 Å². The van der Waals surface area contributed by atoms with Gasteiger partial charge in [-0.05, 0) is 0 Å². The van der Waals surface area contributed by atoms with E-state index < -0.39 is 0 Å². The molecule has 0 atom stereocenters. The van der Waals surface area contributed by atoms with Gasteiger partial charge in [0.15, 0.2) is 5.69 Å². The van der Waals surface area contributed by atoms with Crippen molar-refractivity contribution in [3.8, 4) is 17.8 Å². The molecule has 0 saturated carbocycles. The molecule has 1 aromatic rings. The summed E-state index contributed by atoms with van der Waals surface area (Å²) in [5.41, 5.74) is 0.202. The Labute approximate surface area is 69.6 Å². The van der Waals surface area contributed by atoms with E-state index in [0.717, 1.165) is 0 Å². The van der Waals surface area contributed by atoms with Gasteiger partial charge in [0.1, 0.15) is 6.07 Å². The predicted molar refractivity (Wildman–Crippen MR) is 39.9 cm³/mol. The molecule has 0 amide bonds. The second kappa shape index (κ2) is 3.53. The minimum absolute atomic E-state index is 0.202. The van der Waals surface area contributed by atoms with Crippen LogP contribution in [0.4, 0.5) is 0 Å². The fraction of sp³-hybridized carbons (Fsp3) is 0.286. The largest absolute Gasteiger partial charge is 0.477 e. The topological polar surface area (TPSA) is 68.0 Å². The Morgan fingerprint density at radius 2 is 2.00 bits per heavy atom. The van der Waals surface area contributed by atoms with Crippen molar-refractivity contribution < 1.29 is 9.47 Å². The molecule has 12 heavy (non-hydrogen) atoms. The van der Waals surface area contributed by atoms with Crippen molar-refractivity contribution in [3.63, 3.8) is 0 Å². The summed E-state index contributed by atoms with van der Waals surface area (Å²) in [7, 11) is 2.90. The van der Waals surface area contributed by atoms with Crippen LogP contribution < -0.4 is 9.47 Å². The van der Waals surface area contributed by atoms with Gasteiger partial charge in [-0.3, -0.25) is 0 Å². The number of ether oxygens (including phenoxy) is 2. The molecular weight excluding hydrogens is 158 g/mol. The van der Waals surface area contributed by atoms with Gasteiger partial charge >= 0.3 is 0 Å². The molecule has 1 rings (SSSR count). The van der Waals surface area contributed by atoms with Gasteiger partial charge in [-0.1, -0.05) is 0 Å². The molecule has 0 saturated heterocycles. The summed E-state index contributed by atoms with van der Waals surface area (Å²) in [4.78, 5) is 7.62. The molecule has 5 heteroatoms. The molecule has 1 heterocycles. The van der Waals surface area contributed by atoms with E-state index in [9.17, 15) is 0 Å². The zero-order valence-corrected chi connectivity index (χ0v) is 6.74. The Bertz CT molecular complexity index is 319. The lowest BCUT2D eigenvalue weighted by Crippen LogP contribution is -1.97. The van der Waals surface area contributed by atoms with Gasteiger partial charge in [-0.2, -0.15) is 10.2 Å². The molecule has 5 nitrogen and oxygen atoms in total. The van der Waals surface area contributed by atoms with Crippen LogP contribution in [0.3, 0.4) is 0 Å². The van der Waals surface area contributed by atoms with Crippen molar-refractivity contribution in [3.05, 3.63) is 11.9 Å². The zero-order chi connectivity index (χ0) is 8.97. The highest BCUT2D eigenvalue weighted by atomic mass is 16.5.